The van der Waals surface area contributed by atoms with E-state index in [0.717, 1.165) is 17.8 Å². The van der Waals surface area contributed by atoms with Crippen molar-refractivity contribution in [3.8, 4) is 6.07 Å². The third kappa shape index (κ3) is 2.43. The molecule has 18 heavy (non-hydrogen) atoms. The zero-order valence-corrected chi connectivity index (χ0v) is 11.2. The monoisotopic (exact) mass is 243 g/mol. The maximum absolute atomic E-state index is 8.82. The average molecular weight is 243 g/mol. The van der Waals surface area contributed by atoms with Gasteiger partial charge in [0.15, 0.2) is 0 Å². The summed E-state index contributed by atoms with van der Waals surface area (Å²) in [6.07, 6.45) is 2.90. The van der Waals surface area contributed by atoms with Crippen LogP contribution < -0.4 is 10.6 Å². The molecule has 2 N–H and O–H groups in total. The zero-order chi connectivity index (χ0) is 13.1. The first-order valence-corrected chi connectivity index (χ1v) is 6.65. The van der Waals surface area contributed by atoms with E-state index in [1.807, 2.05) is 6.07 Å². The Morgan fingerprint density at radius 2 is 2.28 bits per heavy atom. The maximum atomic E-state index is 8.82. The molecule has 1 fully saturated rings. The molecule has 0 amide bonds. The highest BCUT2D eigenvalue weighted by molar-refractivity contribution is 5.60. The predicted octanol–water partition coefficient (Wildman–Crippen LogP) is 2.96. The van der Waals surface area contributed by atoms with Crippen LogP contribution >= 0.6 is 0 Å². The van der Waals surface area contributed by atoms with Crippen molar-refractivity contribution in [1.29, 1.82) is 5.26 Å². The molecule has 0 aromatic heterocycles. The predicted molar refractivity (Wildman–Crippen MR) is 75.4 cm³/mol. The standard InChI is InChI=1S/C15H21N3/c1-11(2)15-4-3-9-18(15)13-5-6-14(17)12(10-13)7-8-16/h5-6,10-11,15H,3-4,7,9,17H2,1-2H3. The van der Waals surface area contributed by atoms with Gasteiger partial charge in [0.2, 0.25) is 0 Å². The fraction of sp³-hybridized carbons (Fsp3) is 0.533. The van der Waals surface area contributed by atoms with Crippen molar-refractivity contribution < 1.29 is 0 Å². The van der Waals surface area contributed by atoms with Crippen LogP contribution in [-0.4, -0.2) is 12.6 Å². The minimum atomic E-state index is 0.389. The molecular weight excluding hydrogens is 222 g/mol. The number of hydrogen-bond donors (Lipinski definition) is 1. The van der Waals surface area contributed by atoms with Crippen LogP contribution in [0.15, 0.2) is 18.2 Å². The summed E-state index contributed by atoms with van der Waals surface area (Å²) in [5, 5.41) is 8.82. The minimum absolute atomic E-state index is 0.389. The molecule has 3 heteroatoms. The van der Waals surface area contributed by atoms with Gasteiger partial charge >= 0.3 is 0 Å². The van der Waals surface area contributed by atoms with Crippen molar-refractivity contribution in [3.05, 3.63) is 23.8 Å². The van der Waals surface area contributed by atoms with Crippen molar-refractivity contribution in [2.75, 3.05) is 17.2 Å². The molecule has 1 aliphatic heterocycles. The van der Waals surface area contributed by atoms with Crippen molar-refractivity contribution in [3.63, 3.8) is 0 Å². The Bertz CT molecular complexity index is 459. The molecule has 1 aromatic carbocycles. The second-order valence-corrected chi connectivity index (χ2v) is 5.36. The van der Waals surface area contributed by atoms with Gasteiger partial charge in [-0.25, -0.2) is 0 Å². The van der Waals surface area contributed by atoms with E-state index in [1.165, 1.54) is 18.5 Å². The number of nitrogen functional groups attached to an aromatic ring is 1. The van der Waals surface area contributed by atoms with Gasteiger partial charge in [-0.05, 0) is 42.5 Å². The topological polar surface area (TPSA) is 53.0 Å². The van der Waals surface area contributed by atoms with E-state index in [1.54, 1.807) is 0 Å². The lowest BCUT2D eigenvalue weighted by molar-refractivity contribution is 0.492. The number of nitrogens with zero attached hydrogens (tertiary/aromatic N) is 2. The van der Waals surface area contributed by atoms with Crippen LogP contribution in [0.25, 0.3) is 0 Å². The van der Waals surface area contributed by atoms with Gasteiger partial charge in [0.25, 0.3) is 0 Å². The van der Waals surface area contributed by atoms with Crippen LogP contribution in [-0.2, 0) is 6.42 Å². The first kappa shape index (κ1) is 12.8. The van der Waals surface area contributed by atoms with E-state index >= 15 is 0 Å². The van der Waals surface area contributed by atoms with E-state index in [2.05, 4.69) is 36.9 Å². The summed E-state index contributed by atoms with van der Waals surface area (Å²) in [5.41, 5.74) is 8.78. The molecule has 1 aliphatic rings. The molecule has 1 aromatic rings. The zero-order valence-electron chi connectivity index (χ0n) is 11.2. The smallest absolute Gasteiger partial charge is 0.0670 e. The number of anilines is 2. The Hall–Kier alpha value is -1.69. The molecule has 1 atom stereocenters. The molecule has 0 saturated carbocycles. The summed E-state index contributed by atoms with van der Waals surface area (Å²) in [4.78, 5) is 2.46. The van der Waals surface area contributed by atoms with Gasteiger partial charge in [0.05, 0.1) is 12.5 Å². The lowest BCUT2D eigenvalue weighted by Gasteiger charge is -2.30. The summed E-state index contributed by atoms with van der Waals surface area (Å²) in [6.45, 7) is 5.66. The van der Waals surface area contributed by atoms with Crippen molar-refractivity contribution >= 4 is 11.4 Å². The number of rotatable bonds is 3. The van der Waals surface area contributed by atoms with E-state index < -0.39 is 0 Å². The highest BCUT2D eigenvalue weighted by Crippen LogP contribution is 2.31. The lowest BCUT2D eigenvalue weighted by Crippen LogP contribution is -2.33. The average Bonchev–Trinajstić information content (AvgIpc) is 2.81. The molecular formula is C15H21N3. The van der Waals surface area contributed by atoms with E-state index in [9.17, 15) is 0 Å². The van der Waals surface area contributed by atoms with E-state index in [-0.39, 0.29) is 0 Å². The second kappa shape index (κ2) is 5.30. The van der Waals surface area contributed by atoms with Gasteiger partial charge < -0.3 is 10.6 Å². The molecule has 0 bridgehead atoms. The highest BCUT2D eigenvalue weighted by atomic mass is 15.2. The molecule has 2 rings (SSSR count). The Morgan fingerprint density at radius 1 is 1.50 bits per heavy atom. The van der Waals surface area contributed by atoms with Gasteiger partial charge in [-0.1, -0.05) is 13.8 Å². The number of nitrogens with two attached hydrogens (primary N) is 1. The third-order valence-corrected chi connectivity index (χ3v) is 3.80. The normalized spacial score (nSPS) is 19.2. The van der Waals surface area contributed by atoms with Crippen LogP contribution in [0.2, 0.25) is 0 Å². The lowest BCUT2D eigenvalue weighted by atomic mass is 10.0. The van der Waals surface area contributed by atoms with Crippen LogP contribution in [0.4, 0.5) is 11.4 Å². The Labute approximate surface area is 109 Å². The SMILES string of the molecule is CC(C)C1CCCN1c1ccc(N)c(CC#N)c1. The van der Waals surface area contributed by atoms with Gasteiger partial charge in [-0.15, -0.1) is 0 Å². The molecule has 0 radical (unpaired) electrons. The second-order valence-electron chi connectivity index (χ2n) is 5.36. The van der Waals surface area contributed by atoms with Crippen LogP contribution in [0.1, 0.15) is 32.3 Å². The van der Waals surface area contributed by atoms with Crippen molar-refractivity contribution in [2.45, 2.75) is 39.2 Å². The Morgan fingerprint density at radius 3 is 2.94 bits per heavy atom. The van der Waals surface area contributed by atoms with Gasteiger partial charge in [-0.3, -0.25) is 0 Å². The van der Waals surface area contributed by atoms with Gasteiger partial charge in [0, 0.05) is 24.0 Å². The first-order chi connectivity index (χ1) is 8.63. The minimum Gasteiger partial charge on any atom is -0.398 e. The molecule has 1 saturated heterocycles. The van der Waals surface area contributed by atoms with Crippen LogP contribution in [0.5, 0.6) is 0 Å². The van der Waals surface area contributed by atoms with Gasteiger partial charge in [0.1, 0.15) is 0 Å². The molecule has 96 valence electrons. The summed E-state index contributed by atoms with van der Waals surface area (Å²) < 4.78 is 0. The quantitative estimate of drug-likeness (QED) is 0.830. The third-order valence-electron chi connectivity index (χ3n) is 3.80. The van der Waals surface area contributed by atoms with Crippen LogP contribution in [0.3, 0.4) is 0 Å². The largest absolute Gasteiger partial charge is 0.398 e. The molecule has 0 aliphatic carbocycles. The first-order valence-electron chi connectivity index (χ1n) is 6.65. The number of hydrogen-bond acceptors (Lipinski definition) is 3. The maximum Gasteiger partial charge on any atom is 0.0670 e. The fourth-order valence-corrected chi connectivity index (χ4v) is 2.82. The number of nitriles is 1. The number of benzene rings is 1. The summed E-state index contributed by atoms with van der Waals surface area (Å²) in [5.74, 6) is 0.657. The fourth-order valence-electron chi connectivity index (χ4n) is 2.82. The van der Waals surface area contributed by atoms with Gasteiger partial charge in [-0.2, -0.15) is 5.26 Å². The highest BCUT2D eigenvalue weighted by Gasteiger charge is 2.27. The molecule has 0 spiro atoms. The Balaban J connectivity index is 2.28. The summed E-state index contributed by atoms with van der Waals surface area (Å²) in [6, 6.07) is 8.88. The summed E-state index contributed by atoms with van der Waals surface area (Å²) >= 11 is 0. The summed E-state index contributed by atoms with van der Waals surface area (Å²) in [7, 11) is 0. The van der Waals surface area contributed by atoms with E-state index in [0.29, 0.717) is 18.4 Å². The molecule has 1 unspecified atom stereocenters. The Kier molecular flexibility index (Phi) is 3.76. The van der Waals surface area contributed by atoms with Crippen LogP contribution in [0, 0.1) is 17.2 Å². The van der Waals surface area contributed by atoms with Crippen molar-refractivity contribution in [1.82, 2.24) is 0 Å². The van der Waals surface area contributed by atoms with E-state index in [4.69, 9.17) is 11.0 Å². The molecule has 3 nitrogen and oxygen atoms in total. The van der Waals surface area contributed by atoms with Crippen molar-refractivity contribution in [2.24, 2.45) is 5.92 Å². The molecule has 1 heterocycles.